The first-order chi connectivity index (χ1) is 13.4. The van der Waals surface area contributed by atoms with Crippen molar-refractivity contribution in [3.05, 3.63) is 63.9 Å². The molecule has 0 unspecified atom stereocenters. The van der Waals surface area contributed by atoms with Crippen LogP contribution in [0.15, 0.2) is 34.9 Å². The minimum Gasteiger partial charge on any atom is -0.455 e. The van der Waals surface area contributed by atoms with Gasteiger partial charge in [-0.05, 0) is 30.7 Å². The molecule has 28 heavy (non-hydrogen) atoms. The van der Waals surface area contributed by atoms with Gasteiger partial charge >= 0.3 is 0 Å². The summed E-state index contributed by atoms with van der Waals surface area (Å²) in [5, 5.41) is 4.62. The summed E-state index contributed by atoms with van der Waals surface area (Å²) in [7, 11) is 1.76. The molecule has 0 aliphatic carbocycles. The van der Waals surface area contributed by atoms with Crippen molar-refractivity contribution in [2.75, 3.05) is 6.54 Å². The number of nitrogens with zero attached hydrogens (tertiary/aromatic N) is 2. The van der Waals surface area contributed by atoms with Crippen molar-refractivity contribution >= 4 is 17.5 Å². The largest absolute Gasteiger partial charge is 0.455 e. The van der Waals surface area contributed by atoms with Gasteiger partial charge in [0.15, 0.2) is 5.76 Å². The third-order valence-corrected chi connectivity index (χ3v) is 5.03. The number of nitrogens with two attached hydrogens (primary N) is 2. The van der Waals surface area contributed by atoms with Gasteiger partial charge in [-0.25, -0.2) is 4.39 Å². The lowest BCUT2D eigenvalue weighted by Crippen LogP contribution is -2.20. The fraction of sp³-hybridized carbons (Fsp3) is 0.300. The summed E-state index contributed by atoms with van der Waals surface area (Å²) in [6.07, 6.45) is 2.47. The molecule has 3 rings (SSSR count). The number of carbonyl (C=O) groups excluding carboxylic acids is 1. The van der Waals surface area contributed by atoms with Crippen LogP contribution in [0.2, 0.25) is 5.02 Å². The lowest BCUT2D eigenvalue weighted by molar-refractivity contribution is 0.0970. The van der Waals surface area contributed by atoms with Gasteiger partial charge in [0.05, 0.1) is 16.9 Å². The molecule has 1 amide bonds. The lowest BCUT2D eigenvalue weighted by Gasteiger charge is -2.17. The van der Waals surface area contributed by atoms with Gasteiger partial charge in [-0.15, -0.1) is 0 Å². The second-order valence-electron chi connectivity index (χ2n) is 6.59. The SMILES string of the molecule is CCc1oc(C(N)=O)c([C@@H](CN)Cc2cccc(F)c2)c1-c1c(Cl)cnn1C. The van der Waals surface area contributed by atoms with Crippen LogP contribution in [0.25, 0.3) is 11.3 Å². The monoisotopic (exact) mass is 404 g/mol. The highest BCUT2D eigenvalue weighted by Crippen LogP contribution is 2.41. The zero-order valence-electron chi connectivity index (χ0n) is 15.7. The van der Waals surface area contributed by atoms with Gasteiger partial charge in [-0.3, -0.25) is 9.48 Å². The Labute approximate surface area is 167 Å². The molecule has 2 aromatic heterocycles. The number of aryl methyl sites for hydroxylation is 2. The highest BCUT2D eigenvalue weighted by Gasteiger charge is 2.31. The quantitative estimate of drug-likeness (QED) is 0.630. The number of hydrogen-bond donors (Lipinski definition) is 2. The van der Waals surface area contributed by atoms with Crippen molar-refractivity contribution in [2.24, 2.45) is 18.5 Å². The molecular formula is C20H22ClFN4O2. The lowest BCUT2D eigenvalue weighted by atomic mass is 9.87. The van der Waals surface area contributed by atoms with Gasteiger partial charge in [0, 0.05) is 30.5 Å². The molecule has 0 saturated heterocycles. The molecule has 6 nitrogen and oxygen atoms in total. The van der Waals surface area contributed by atoms with E-state index in [1.807, 2.05) is 13.0 Å². The number of rotatable bonds is 7. The molecule has 0 fully saturated rings. The number of primary amides is 1. The first-order valence-electron chi connectivity index (χ1n) is 8.95. The predicted octanol–water partition coefficient (Wildman–Crippen LogP) is 3.42. The predicted molar refractivity (Wildman–Crippen MR) is 106 cm³/mol. The molecule has 0 aliphatic heterocycles. The van der Waals surface area contributed by atoms with Crippen molar-refractivity contribution in [3.63, 3.8) is 0 Å². The van der Waals surface area contributed by atoms with Crippen molar-refractivity contribution < 1.29 is 13.6 Å². The zero-order valence-corrected chi connectivity index (χ0v) is 16.5. The van der Waals surface area contributed by atoms with Crippen LogP contribution in [0, 0.1) is 5.82 Å². The van der Waals surface area contributed by atoms with E-state index >= 15 is 0 Å². The normalized spacial score (nSPS) is 12.3. The van der Waals surface area contributed by atoms with Gasteiger partial charge in [-0.2, -0.15) is 5.10 Å². The Hall–Kier alpha value is -2.64. The maximum Gasteiger partial charge on any atom is 0.284 e. The fourth-order valence-electron chi connectivity index (χ4n) is 3.52. The van der Waals surface area contributed by atoms with Crippen LogP contribution in [-0.4, -0.2) is 22.2 Å². The second kappa shape index (κ2) is 8.16. The van der Waals surface area contributed by atoms with E-state index in [9.17, 15) is 9.18 Å². The summed E-state index contributed by atoms with van der Waals surface area (Å²) in [4.78, 5) is 12.1. The van der Waals surface area contributed by atoms with Gasteiger partial charge in [0.25, 0.3) is 5.91 Å². The number of benzene rings is 1. The molecule has 0 radical (unpaired) electrons. The van der Waals surface area contributed by atoms with Crippen LogP contribution in [0.3, 0.4) is 0 Å². The van der Waals surface area contributed by atoms with E-state index < -0.39 is 5.91 Å². The van der Waals surface area contributed by atoms with Gasteiger partial charge < -0.3 is 15.9 Å². The zero-order chi connectivity index (χ0) is 20.4. The van der Waals surface area contributed by atoms with Crippen LogP contribution in [-0.2, 0) is 19.9 Å². The Bertz CT molecular complexity index is 992. The number of amides is 1. The molecule has 0 aliphatic rings. The minimum atomic E-state index is -0.688. The first-order valence-corrected chi connectivity index (χ1v) is 9.32. The number of carbonyl (C=O) groups is 1. The Kier molecular flexibility index (Phi) is 5.86. The highest BCUT2D eigenvalue weighted by molar-refractivity contribution is 6.33. The van der Waals surface area contributed by atoms with Gasteiger partial charge in [0.2, 0.25) is 0 Å². The Morgan fingerprint density at radius 1 is 1.43 bits per heavy atom. The molecule has 2 heterocycles. The standard InChI is InChI=1S/C20H22ClFN4O2/c1-3-15-17(18-14(21)10-25-26(18)2)16(19(28-15)20(24)27)12(9-23)7-11-5-4-6-13(22)8-11/h4-6,8,10,12H,3,7,9,23H2,1-2H3,(H2,24,27)/t12-/m1/s1. The van der Waals surface area contributed by atoms with E-state index in [2.05, 4.69) is 5.10 Å². The van der Waals surface area contributed by atoms with Crippen LogP contribution >= 0.6 is 11.6 Å². The number of hydrogen-bond acceptors (Lipinski definition) is 4. The van der Waals surface area contributed by atoms with E-state index in [0.29, 0.717) is 40.4 Å². The summed E-state index contributed by atoms with van der Waals surface area (Å²) in [5.74, 6) is -0.719. The van der Waals surface area contributed by atoms with Crippen molar-refractivity contribution in [1.29, 1.82) is 0 Å². The number of furan rings is 1. The molecule has 8 heteroatoms. The maximum atomic E-state index is 13.6. The topological polar surface area (TPSA) is 100 Å². The van der Waals surface area contributed by atoms with Crippen molar-refractivity contribution in [1.82, 2.24) is 9.78 Å². The Morgan fingerprint density at radius 2 is 2.18 bits per heavy atom. The molecule has 148 valence electrons. The molecule has 1 atom stereocenters. The molecule has 1 aromatic carbocycles. The molecule has 0 bridgehead atoms. The molecule has 3 aromatic rings. The van der Waals surface area contributed by atoms with E-state index in [1.54, 1.807) is 17.8 Å². The van der Waals surface area contributed by atoms with Crippen LogP contribution in [0.1, 0.15) is 40.3 Å². The Balaban J connectivity index is 2.22. The third kappa shape index (κ3) is 3.68. The number of halogens is 2. The minimum absolute atomic E-state index is 0.0518. The van der Waals surface area contributed by atoms with E-state index in [1.165, 1.54) is 18.3 Å². The first kappa shape index (κ1) is 20.1. The fourth-order valence-corrected chi connectivity index (χ4v) is 3.78. The van der Waals surface area contributed by atoms with Crippen LogP contribution < -0.4 is 11.5 Å². The van der Waals surface area contributed by atoms with Crippen LogP contribution in [0.5, 0.6) is 0 Å². The smallest absolute Gasteiger partial charge is 0.284 e. The summed E-state index contributed by atoms with van der Waals surface area (Å²) in [6, 6.07) is 6.28. The van der Waals surface area contributed by atoms with Gasteiger partial charge in [-0.1, -0.05) is 30.7 Å². The second-order valence-corrected chi connectivity index (χ2v) is 7.00. The molecular weight excluding hydrogens is 383 g/mol. The van der Waals surface area contributed by atoms with E-state index in [4.69, 9.17) is 27.5 Å². The molecule has 4 N–H and O–H groups in total. The van der Waals surface area contributed by atoms with Crippen molar-refractivity contribution in [3.8, 4) is 11.3 Å². The average Bonchev–Trinajstić information content (AvgIpc) is 3.19. The summed E-state index contributed by atoms with van der Waals surface area (Å²) < 4.78 is 21.1. The Morgan fingerprint density at radius 3 is 2.71 bits per heavy atom. The van der Waals surface area contributed by atoms with E-state index in [0.717, 1.165) is 5.56 Å². The summed E-state index contributed by atoms with van der Waals surface area (Å²) in [6.45, 7) is 2.12. The summed E-state index contributed by atoms with van der Waals surface area (Å²) >= 11 is 6.38. The summed E-state index contributed by atoms with van der Waals surface area (Å²) in [5.41, 5.74) is 14.3. The highest BCUT2D eigenvalue weighted by atomic mass is 35.5. The molecule has 0 saturated carbocycles. The van der Waals surface area contributed by atoms with Gasteiger partial charge in [0.1, 0.15) is 11.6 Å². The maximum absolute atomic E-state index is 13.6. The third-order valence-electron chi connectivity index (χ3n) is 4.76. The molecule has 0 spiro atoms. The van der Waals surface area contributed by atoms with Crippen LogP contribution in [0.4, 0.5) is 4.39 Å². The van der Waals surface area contributed by atoms with E-state index in [-0.39, 0.29) is 24.0 Å². The van der Waals surface area contributed by atoms with Crippen molar-refractivity contribution in [2.45, 2.75) is 25.7 Å². The number of aromatic nitrogens is 2. The average molecular weight is 405 g/mol.